The molecular weight excluding hydrogens is 250 g/mol. The largest absolute Gasteiger partial charge is 0.480 e. The molecular formula is C9H7ClN3O4+. The molecule has 2 N–H and O–H groups in total. The summed E-state index contributed by atoms with van der Waals surface area (Å²) in [5, 5.41) is 11.9. The molecule has 0 unspecified atom stereocenters. The minimum atomic E-state index is -1.16. The first-order chi connectivity index (χ1) is 8.08. The summed E-state index contributed by atoms with van der Waals surface area (Å²) in [6.45, 7) is -0.572. The molecule has 17 heavy (non-hydrogen) atoms. The van der Waals surface area contributed by atoms with Crippen molar-refractivity contribution < 1.29 is 19.4 Å². The van der Waals surface area contributed by atoms with E-state index in [-0.39, 0.29) is 22.0 Å². The summed E-state index contributed by atoms with van der Waals surface area (Å²) in [5.41, 5.74) is 6.80. The van der Waals surface area contributed by atoms with Crippen molar-refractivity contribution in [2.45, 2.75) is 0 Å². The van der Waals surface area contributed by atoms with Gasteiger partial charge in [-0.05, 0) is 6.07 Å². The monoisotopic (exact) mass is 256 g/mol. The summed E-state index contributed by atoms with van der Waals surface area (Å²) in [5.74, 6) is -1.11. The number of nitrogens with zero attached hydrogens (tertiary/aromatic N) is 2. The average Bonchev–Trinajstić information content (AvgIpc) is 2.29. The smallest absolute Gasteiger partial charge is 0.341 e. The zero-order valence-corrected chi connectivity index (χ0v) is 9.14. The zero-order valence-electron chi connectivity index (χ0n) is 8.38. The Labute approximate surface area is 100 Å². The molecule has 0 aliphatic carbocycles. The lowest BCUT2D eigenvalue weighted by Crippen LogP contribution is -2.09. The number of aldehydes is 1. The Morgan fingerprint density at radius 1 is 1.65 bits per heavy atom. The van der Waals surface area contributed by atoms with Crippen molar-refractivity contribution in [1.29, 1.82) is 5.53 Å². The third-order valence-electron chi connectivity index (χ3n) is 1.72. The molecule has 0 amide bonds. The van der Waals surface area contributed by atoms with E-state index in [4.69, 9.17) is 27.0 Å². The lowest BCUT2D eigenvalue weighted by Gasteiger charge is -2.05. The van der Waals surface area contributed by atoms with E-state index in [2.05, 4.69) is 10.0 Å². The number of hydrogen-bond acceptors (Lipinski definition) is 5. The number of rotatable bonds is 5. The molecule has 0 heterocycles. The van der Waals surface area contributed by atoms with Crippen molar-refractivity contribution in [2.75, 3.05) is 6.61 Å². The predicted molar refractivity (Wildman–Crippen MR) is 56.9 cm³/mol. The number of benzene rings is 1. The summed E-state index contributed by atoms with van der Waals surface area (Å²) in [7, 11) is 0. The maximum Gasteiger partial charge on any atom is 0.341 e. The summed E-state index contributed by atoms with van der Waals surface area (Å²) in [4.78, 5) is 23.8. The van der Waals surface area contributed by atoms with Gasteiger partial charge in [0.15, 0.2) is 23.7 Å². The molecule has 0 saturated heterocycles. The van der Waals surface area contributed by atoms with E-state index in [0.29, 0.717) is 6.29 Å². The lowest BCUT2D eigenvalue weighted by atomic mass is 10.2. The van der Waals surface area contributed by atoms with Crippen molar-refractivity contribution in [1.82, 2.24) is 4.91 Å². The Hall–Kier alpha value is -2.24. The van der Waals surface area contributed by atoms with Gasteiger partial charge in [-0.2, -0.15) is 0 Å². The number of hydrogen-bond donors (Lipinski definition) is 2. The number of aliphatic carboxylic acids is 1. The fourth-order valence-electron chi connectivity index (χ4n) is 1.04. The van der Waals surface area contributed by atoms with Gasteiger partial charge < -0.3 is 9.84 Å². The van der Waals surface area contributed by atoms with Gasteiger partial charge in [-0.15, -0.1) is 0 Å². The van der Waals surface area contributed by atoms with Gasteiger partial charge in [-0.25, -0.2) is 4.79 Å². The fourth-order valence-corrected chi connectivity index (χ4v) is 1.27. The first-order valence-corrected chi connectivity index (χ1v) is 4.67. The van der Waals surface area contributed by atoms with Crippen molar-refractivity contribution in [2.24, 2.45) is 5.11 Å². The van der Waals surface area contributed by atoms with Crippen LogP contribution in [0.15, 0.2) is 17.2 Å². The Kier molecular flexibility index (Phi) is 4.33. The fraction of sp³-hybridized carbons (Fsp3) is 0.111. The van der Waals surface area contributed by atoms with Crippen LogP contribution < -0.4 is 9.65 Å². The highest BCUT2D eigenvalue weighted by atomic mass is 35.5. The molecule has 7 nitrogen and oxygen atoms in total. The molecule has 0 aliphatic heterocycles. The molecule has 0 spiro atoms. The Morgan fingerprint density at radius 2 is 2.35 bits per heavy atom. The highest BCUT2D eigenvalue weighted by Gasteiger charge is 2.13. The second-order valence-corrected chi connectivity index (χ2v) is 3.25. The highest BCUT2D eigenvalue weighted by molar-refractivity contribution is 6.32. The Morgan fingerprint density at radius 3 is 2.88 bits per heavy atom. The molecule has 0 aliphatic rings. The van der Waals surface area contributed by atoms with Gasteiger partial charge in [-0.3, -0.25) is 4.79 Å². The minimum absolute atomic E-state index is 0.0575. The van der Waals surface area contributed by atoms with E-state index in [1.807, 2.05) is 0 Å². The highest BCUT2D eigenvalue weighted by Crippen LogP contribution is 2.31. The average molecular weight is 257 g/mol. The third-order valence-corrected chi connectivity index (χ3v) is 2.01. The van der Waals surface area contributed by atoms with Crippen molar-refractivity contribution in [3.05, 3.63) is 22.7 Å². The number of carbonyl (C=O) groups is 2. The number of halogens is 1. The molecule has 0 atom stereocenters. The van der Waals surface area contributed by atoms with E-state index in [1.54, 1.807) is 0 Å². The van der Waals surface area contributed by atoms with Gasteiger partial charge in [0.05, 0.1) is 5.02 Å². The van der Waals surface area contributed by atoms with Crippen LogP contribution in [0.3, 0.4) is 0 Å². The van der Waals surface area contributed by atoms with Gasteiger partial charge in [0.2, 0.25) is 4.91 Å². The molecule has 0 saturated carbocycles. The van der Waals surface area contributed by atoms with E-state index in [0.717, 1.165) is 0 Å². The van der Waals surface area contributed by atoms with Crippen LogP contribution in [0.2, 0.25) is 5.02 Å². The number of carbonyl (C=O) groups excluding carboxylic acids is 1. The first-order valence-electron chi connectivity index (χ1n) is 4.29. The number of nitrogens with one attached hydrogen (secondary N) is 1. The zero-order chi connectivity index (χ0) is 12.8. The molecule has 1 aromatic rings. The van der Waals surface area contributed by atoms with E-state index >= 15 is 0 Å². The van der Waals surface area contributed by atoms with Gasteiger partial charge in [0.1, 0.15) is 11.3 Å². The minimum Gasteiger partial charge on any atom is -0.480 e. The summed E-state index contributed by atoms with van der Waals surface area (Å²) < 4.78 is 4.87. The molecule has 88 valence electrons. The molecule has 0 radical (unpaired) electrons. The van der Waals surface area contributed by atoms with Crippen LogP contribution in [-0.4, -0.2) is 24.0 Å². The van der Waals surface area contributed by atoms with E-state index in [1.165, 1.54) is 12.1 Å². The molecule has 0 fully saturated rings. The van der Waals surface area contributed by atoms with Crippen LogP contribution in [0.4, 0.5) is 5.69 Å². The number of carboxylic acid groups (broad SMARTS) is 1. The standard InChI is InChI=1S/C9H6ClN3O4/c10-6-1-5(3-14)7(12-13-11)2-8(6)17-4-9(15)16/h1-3,11H,4H2/p+1. The molecule has 8 heteroatoms. The van der Waals surface area contributed by atoms with Gasteiger partial charge in [0, 0.05) is 11.6 Å². The van der Waals surface area contributed by atoms with Crippen LogP contribution in [0, 0.1) is 5.53 Å². The van der Waals surface area contributed by atoms with Crippen molar-refractivity contribution in [3.63, 3.8) is 0 Å². The van der Waals surface area contributed by atoms with Crippen molar-refractivity contribution >= 4 is 29.5 Å². The van der Waals surface area contributed by atoms with E-state index < -0.39 is 12.6 Å². The molecule has 1 aromatic carbocycles. The first kappa shape index (κ1) is 12.8. The number of carboxylic acids is 1. The van der Waals surface area contributed by atoms with Crippen molar-refractivity contribution in [3.8, 4) is 5.75 Å². The molecule has 0 aromatic heterocycles. The second-order valence-electron chi connectivity index (χ2n) is 2.84. The maximum atomic E-state index is 10.7. The topological polar surface area (TPSA) is 114 Å². The Bertz CT molecular complexity index is 511. The van der Waals surface area contributed by atoms with E-state index in [9.17, 15) is 9.59 Å². The molecule has 1 rings (SSSR count). The normalized spacial score (nSPS) is 9.24. The van der Waals surface area contributed by atoms with Gasteiger partial charge in [0.25, 0.3) is 0 Å². The lowest BCUT2D eigenvalue weighted by molar-refractivity contribution is -0.139. The van der Waals surface area contributed by atoms with Crippen LogP contribution in [0.5, 0.6) is 5.75 Å². The maximum absolute atomic E-state index is 10.7. The third kappa shape index (κ3) is 3.37. The van der Waals surface area contributed by atoms with Crippen LogP contribution in [0.1, 0.15) is 10.4 Å². The summed E-state index contributed by atoms with van der Waals surface area (Å²) in [6, 6.07) is 2.50. The molecule has 0 bridgehead atoms. The van der Waals surface area contributed by atoms with Gasteiger partial charge in [-0.1, -0.05) is 11.6 Å². The van der Waals surface area contributed by atoms with Gasteiger partial charge >= 0.3 is 5.97 Å². The quantitative estimate of drug-likeness (QED) is 0.475. The second kappa shape index (κ2) is 5.74. The summed E-state index contributed by atoms with van der Waals surface area (Å²) in [6.07, 6.45) is 0.497. The summed E-state index contributed by atoms with van der Waals surface area (Å²) >= 11 is 5.77. The SMILES string of the molecule is N=[N+]=Nc1cc(OCC(=O)O)c(Cl)cc1C=O. The Balaban J connectivity index is 3.14. The van der Waals surface area contributed by atoms with Crippen LogP contribution >= 0.6 is 11.6 Å². The van der Waals surface area contributed by atoms with Crippen LogP contribution in [-0.2, 0) is 4.79 Å². The van der Waals surface area contributed by atoms with Crippen LogP contribution in [0.25, 0.3) is 0 Å². The number of ether oxygens (including phenoxy) is 1. The predicted octanol–water partition coefficient (Wildman–Crippen LogP) is 1.80.